The number of carbonyl (C=O) groups is 1. The second-order valence-electron chi connectivity index (χ2n) is 6.18. The topological polar surface area (TPSA) is 68.2 Å². The molecule has 1 aliphatic rings. The molecule has 1 fully saturated rings. The van der Waals surface area contributed by atoms with Crippen LogP contribution in [0, 0.1) is 5.92 Å². The predicted molar refractivity (Wildman–Crippen MR) is 100 cm³/mol. The molecule has 136 valence electrons. The molecule has 0 saturated carbocycles. The molecule has 0 radical (unpaired) electrons. The van der Waals surface area contributed by atoms with Crippen LogP contribution < -0.4 is 15.4 Å². The molecule has 1 aromatic heterocycles. The Morgan fingerprint density at radius 3 is 3.00 bits per heavy atom. The van der Waals surface area contributed by atoms with Gasteiger partial charge in [-0.05, 0) is 24.1 Å². The number of nitrogens with one attached hydrogen (secondary N) is 2. The number of amides is 1. The Kier molecular flexibility index (Phi) is 6.84. The number of rotatable bonds is 6. The number of aryl methyl sites for hydroxylation is 1. The molecule has 1 aliphatic heterocycles. The van der Waals surface area contributed by atoms with E-state index >= 15 is 0 Å². The molecule has 0 bridgehead atoms. The van der Waals surface area contributed by atoms with E-state index in [0.717, 1.165) is 30.0 Å². The molecule has 7 heteroatoms. The smallest absolute Gasteiger partial charge is 0.229 e. The van der Waals surface area contributed by atoms with Crippen molar-refractivity contribution in [1.82, 2.24) is 15.1 Å². The first-order valence-electron chi connectivity index (χ1n) is 8.40. The van der Waals surface area contributed by atoms with Crippen LogP contribution in [0.15, 0.2) is 36.7 Å². The van der Waals surface area contributed by atoms with Gasteiger partial charge in [-0.25, -0.2) is 0 Å². The second-order valence-corrected chi connectivity index (χ2v) is 6.18. The maximum Gasteiger partial charge on any atom is 0.229 e. The molecule has 0 unspecified atom stereocenters. The molecule has 1 aromatic carbocycles. The summed E-state index contributed by atoms with van der Waals surface area (Å²) in [6.45, 7) is 4.21. The van der Waals surface area contributed by atoms with Crippen molar-refractivity contribution in [3.05, 3.63) is 42.2 Å². The Labute approximate surface area is 154 Å². The van der Waals surface area contributed by atoms with Crippen molar-refractivity contribution in [3.63, 3.8) is 0 Å². The lowest BCUT2D eigenvalue weighted by Crippen LogP contribution is -2.28. The van der Waals surface area contributed by atoms with Gasteiger partial charge in [0.05, 0.1) is 18.7 Å². The van der Waals surface area contributed by atoms with E-state index in [1.165, 1.54) is 0 Å². The molecular weight excluding hydrogens is 340 g/mol. The Morgan fingerprint density at radius 2 is 2.28 bits per heavy atom. The first-order chi connectivity index (χ1) is 11.7. The third-order valence-electron chi connectivity index (χ3n) is 4.28. The Hall–Kier alpha value is -2.05. The van der Waals surface area contributed by atoms with Crippen LogP contribution in [0.5, 0.6) is 5.75 Å². The van der Waals surface area contributed by atoms with E-state index in [1.807, 2.05) is 43.7 Å². The van der Waals surface area contributed by atoms with Gasteiger partial charge in [0.15, 0.2) is 0 Å². The molecule has 2 aromatic rings. The van der Waals surface area contributed by atoms with Gasteiger partial charge in [-0.1, -0.05) is 13.0 Å². The number of hydrogen-bond acceptors (Lipinski definition) is 4. The fourth-order valence-electron chi connectivity index (χ4n) is 3.05. The molecular formula is C18H25ClN4O2. The van der Waals surface area contributed by atoms with Crippen LogP contribution in [-0.4, -0.2) is 35.4 Å². The van der Waals surface area contributed by atoms with Crippen molar-refractivity contribution >= 4 is 24.0 Å². The largest absolute Gasteiger partial charge is 0.494 e. The first kappa shape index (κ1) is 19.3. The third kappa shape index (κ3) is 4.74. The van der Waals surface area contributed by atoms with Gasteiger partial charge in [0.25, 0.3) is 0 Å². The number of hydrogen-bond donors (Lipinski definition) is 2. The number of ether oxygens (including phenoxy) is 1. The minimum atomic E-state index is -0.102. The molecule has 0 spiro atoms. The van der Waals surface area contributed by atoms with Gasteiger partial charge in [-0.15, -0.1) is 12.4 Å². The fourth-order valence-corrected chi connectivity index (χ4v) is 3.05. The molecule has 1 amide bonds. The summed E-state index contributed by atoms with van der Waals surface area (Å²) < 4.78 is 7.40. The monoisotopic (exact) mass is 364 g/mol. The third-order valence-corrected chi connectivity index (χ3v) is 4.28. The molecule has 0 aliphatic carbocycles. The van der Waals surface area contributed by atoms with Gasteiger partial charge in [0.2, 0.25) is 5.91 Å². The standard InChI is InChI=1S/C18H24N4O2.ClH/c1-3-7-24-15-6-4-5-14(8-15)21-18(23)17-11-19-10-16(17)13-9-20-22(2)12-13;/h4-6,8-9,12,16-17,19H,3,7,10-11H2,1-2H3,(H,21,23);1H/t16-,17+;/m1./s1. The van der Waals surface area contributed by atoms with Crippen LogP contribution in [0.2, 0.25) is 0 Å². The number of anilines is 1. The second kappa shape index (κ2) is 8.87. The summed E-state index contributed by atoms with van der Waals surface area (Å²) in [5, 5.41) is 10.6. The highest BCUT2D eigenvalue weighted by atomic mass is 35.5. The van der Waals surface area contributed by atoms with Crippen molar-refractivity contribution in [3.8, 4) is 5.75 Å². The summed E-state index contributed by atoms with van der Waals surface area (Å²) >= 11 is 0. The van der Waals surface area contributed by atoms with E-state index in [2.05, 4.69) is 22.7 Å². The van der Waals surface area contributed by atoms with Crippen molar-refractivity contribution in [1.29, 1.82) is 0 Å². The SMILES string of the molecule is CCCOc1cccc(NC(=O)[C@H]2CNC[C@@H]2c2cnn(C)c2)c1.Cl. The maximum absolute atomic E-state index is 12.7. The highest BCUT2D eigenvalue weighted by Crippen LogP contribution is 2.29. The van der Waals surface area contributed by atoms with Crippen molar-refractivity contribution in [2.75, 3.05) is 25.0 Å². The van der Waals surface area contributed by atoms with Gasteiger partial charge in [0.1, 0.15) is 5.75 Å². The number of aromatic nitrogens is 2. The Bertz CT molecular complexity index is 704. The average Bonchev–Trinajstić information content (AvgIpc) is 3.21. The molecule has 3 rings (SSSR count). The lowest BCUT2D eigenvalue weighted by Gasteiger charge is -2.17. The Balaban J connectivity index is 0.00000225. The molecule has 6 nitrogen and oxygen atoms in total. The van der Waals surface area contributed by atoms with Gasteiger partial charge in [0, 0.05) is 44.0 Å². The molecule has 1 saturated heterocycles. The summed E-state index contributed by atoms with van der Waals surface area (Å²) in [5.74, 6) is 0.858. The van der Waals surface area contributed by atoms with Crippen molar-refractivity contribution < 1.29 is 9.53 Å². The fraction of sp³-hybridized carbons (Fsp3) is 0.444. The molecule has 2 atom stereocenters. The zero-order valence-electron chi connectivity index (χ0n) is 14.6. The summed E-state index contributed by atoms with van der Waals surface area (Å²) in [6, 6.07) is 7.56. The molecule has 2 heterocycles. The maximum atomic E-state index is 12.7. The summed E-state index contributed by atoms with van der Waals surface area (Å²) in [4.78, 5) is 12.7. The number of carbonyl (C=O) groups excluding carboxylic acids is 1. The van der Waals surface area contributed by atoms with E-state index in [9.17, 15) is 4.79 Å². The number of nitrogens with zero attached hydrogens (tertiary/aromatic N) is 2. The van der Waals surface area contributed by atoms with Crippen LogP contribution in [0.25, 0.3) is 0 Å². The highest BCUT2D eigenvalue weighted by molar-refractivity contribution is 5.93. The van der Waals surface area contributed by atoms with Crippen molar-refractivity contribution in [2.45, 2.75) is 19.3 Å². The van der Waals surface area contributed by atoms with Gasteiger partial charge in [-0.2, -0.15) is 5.10 Å². The van der Waals surface area contributed by atoms with Crippen LogP contribution in [0.1, 0.15) is 24.8 Å². The van der Waals surface area contributed by atoms with Gasteiger partial charge < -0.3 is 15.4 Å². The van der Waals surface area contributed by atoms with Crippen LogP contribution in [0.3, 0.4) is 0 Å². The van der Waals surface area contributed by atoms with E-state index in [0.29, 0.717) is 13.2 Å². The van der Waals surface area contributed by atoms with Crippen LogP contribution in [0.4, 0.5) is 5.69 Å². The van der Waals surface area contributed by atoms with Gasteiger partial charge >= 0.3 is 0 Å². The average molecular weight is 365 g/mol. The van der Waals surface area contributed by atoms with E-state index in [-0.39, 0.29) is 30.2 Å². The van der Waals surface area contributed by atoms with E-state index in [4.69, 9.17) is 4.74 Å². The zero-order chi connectivity index (χ0) is 16.9. The van der Waals surface area contributed by atoms with Crippen molar-refractivity contribution in [2.24, 2.45) is 13.0 Å². The predicted octanol–water partition coefficient (Wildman–Crippen LogP) is 2.57. The zero-order valence-corrected chi connectivity index (χ0v) is 15.4. The lowest BCUT2D eigenvalue weighted by molar-refractivity contribution is -0.119. The van der Waals surface area contributed by atoms with Gasteiger partial charge in [-0.3, -0.25) is 9.48 Å². The minimum Gasteiger partial charge on any atom is -0.494 e. The molecule has 2 N–H and O–H groups in total. The summed E-state index contributed by atoms with van der Waals surface area (Å²) in [5.41, 5.74) is 1.87. The Morgan fingerprint density at radius 1 is 1.44 bits per heavy atom. The van der Waals surface area contributed by atoms with E-state index < -0.39 is 0 Å². The van der Waals surface area contributed by atoms with Crippen LogP contribution >= 0.6 is 12.4 Å². The lowest BCUT2D eigenvalue weighted by atomic mass is 9.90. The quantitative estimate of drug-likeness (QED) is 0.826. The normalized spacial score (nSPS) is 19.3. The first-order valence-corrected chi connectivity index (χ1v) is 8.40. The highest BCUT2D eigenvalue weighted by Gasteiger charge is 2.34. The van der Waals surface area contributed by atoms with E-state index in [1.54, 1.807) is 4.68 Å². The number of halogens is 1. The van der Waals surface area contributed by atoms with Crippen LogP contribution in [-0.2, 0) is 11.8 Å². The summed E-state index contributed by atoms with van der Waals surface area (Å²) in [7, 11) is 1.89. The number of benzene rings is 1. The molecule has 25 heavy (non-hydrogen) atoms. The minimum absolute atomic E-state index is 0. The summed E-state index contributed by atoms with van der Waals surface area (Å²) in [6.07, 6.45) is 4.78.